The molecular formula is C14H23IO. The third kappa shape index (κ3) is 2.81. The highest BCUT2D eigenvalue weighted by Crippen LogP contribution is 2.48. The maximum Gasteiger partial charge on any atom is 0.117 e. The lowest BCUT2D eigenvalue weighted by Crippen LogP contribution is -2.36. The van der Waals surface area contributed by atoms with Crippen molar-refractivity contribution in [3.05, 3.63) is 11.6 Å². The summed E-state index contributed by atoms with van der Waals surface area (Å²) in [6.45, 7) is 6.64. The molecule has 16 heavy (non-hydrogen) atoms. The van der Waals surface area contributed by atoms with E-state index >= 15 is 0 Å². The van der Waals surface area contributed by atoms with Crippen molar-refractivity contribution in [1.82, 2.24) is 0 Å². The molecule has 2 heteroatoms. The van der Waals surface area contributed by atoms with Crippen molar-refractivity contribution in [1.29, 1.82) is 0 Å². The predicted molar refractivity (Wildman–Crippen MR) is 76.8 cm³/mol. The van der Waals surface area contributed by atoms with Gasteiger partial charge in [-0.15, -0.1) is 0 Å². The van der Waals surface area contributed by atoms with Crippen LogP contribution in [0, 0.1) is 11.3 Å². The molecule has 0 saturated heterocycles. The number of alkyl halides is 1. The van der Waals surface area contributed by atoms with Gasteiger partial charge in [0.15, 0.2) is 0 Å². The van der Waals surface area contributed by atoms with Gasteiger partial charge in [-0.1, -0.05) is 41.2 Å². The molecule has 0 amide bonds. The third-order valence-corrected chi connectivity index (χ3v) is 5.55. The minimum atomic E-state index is 0.267. The zero-order valence-corrected chi connectivity index (χ0v) is 12.8. The van der Waals surface area contributed by atoms with Crippen molar-refractivity contribution in [2.24, 2.45) is 11.3 Å². The number of hydrogen-bond donors (Lipinski definition) is 0. The zero-order valence-electron chi connectivity index (χ0n) is 10.6. The second kappa shape index (κ2) is 4.97. The van der Waals surface area contributed by atoms with Crippen LogP contribution in [-0.2, 0) is 4.74 Å². The van der Waals surface area contributed by atoms with E-state index in [1.54, 1.807) is 5.57 Å². The van der Waals surface area contributed by atoms with Crippen molar-refractivity contribution in [2.75, 3.05) is 0 Å². The molecule has 2 aliphatic rings. The number of allylic oxidation sites excluding steroid dienone is 1. The summed E-state index contributed by atoms with van der Waals surface area (Å²) in [5, 5.41) is 0. The largest absolute Gasteiger partial charge is 0.364 e. The highest BCUT2D eigenvalue weighted by atomic mass is 127. The van der Waals surface area contributed by atoms with Gasteiger partial charge in [-0.25, -0.2) is 0 Å². The summed E-state index contributed by atoms with van der Waals surface area (Å²) in [5.74, 6) is 0.923. The van der Waals surface area contributed by atoms with Gasteiger partial charge in [0.2, 0.25) is 0 Å². The molecule has 1 nitrogen and oxygen atoms in total. The van der Waals surface area contributed by atoms with Crippen molar-refractivity contribution in [3.63, 3.8) is 0 Å². The van der Waals surface area contributed by atoms with Crippen LogP contribution in [-0.4, -0.2) is 10.2 Å². The van der Waals surface area contributed by atoms with Crippen LogP contribution in [0.3, 0.4) is 0 Å². The lowest BCUT2D eigenvalue weighted by molar-refractivity contribution is 0.00480. The lowest BCUT2D eigenvalue weighted by Gasteiger charge is -2.42. The van der Waals surface area contributed by atoms with E-state index in [1.807, 2.05) is 0 Å². The number of ether oxygens (including phenoxy) is 1. The van der Waals surface area contributed by atoms with Crippen LogP contribution in [0.4, 0.5) is 0 Å². The molecule has 2 rings (SSSR count). The van der Waals surface area contributed by atoms with Crippen molar-refractivity contribution >= 4 is 22.6 Å². The summed E-state index contributed by atoms with van der Waals surface area (Å²) >= 11 is 2.49. The average Bonchev–Trinajstić information content (AvgIpc) is 2.15. The summed E-state index contributed by atoms with van der Waals surface area (Å²) in [7, 11) is 0. The van der Waals surface area contributed by atoms with Crippen LogP contribution < -0.4 is 0 Å². The van der Waals surface area contributed by atoms with E-state index < -0.39 is 0 Å². The Labute approximate surface area is 113 Å². The molecule has 1 saturated carbocycles. The van der Waals surface area contributed by atoms with Gasteiger partial charge in [-0.3, -0.25) is 0 Å². The molecule has 2 aliphatic carbocycles. The van der Waals surface area contributed by atoms with Gasteiger partial charge in [0.05, 0.1) is 6.10 Å². The summed E-state index contributed by atoms with van der Waals surface area (Å²) in [6.07, 6.45) is 9.71. The van der Waals surface area contributed by atoms with Crippen LogP contribution in [0.1, 0.15) is 52.9 Å². The van der Waals surface area contributed by atoms with Crippen LogP contribution in [0.5, 0.6) is 0 Å². The summed E-state index contributed by atoms with van der Waals surface area (Å²) in [6, 6.07) is 0. The number of rotatable bonds is 3. The highest BCUT2D eigenvalue weighted by Gasteiger charge is 2.39. The molecular weight excluding hydrogens is 311 g/mol. The zero-order chi connectivity index (χ0) is 11.8. The van der Waals surface area contributed by atoms with Crippen LogP contribution in [0.15, 0.2) is 11.6 Å². The van der Waals surface area contributed by atoms with E-state index in [1.165, 1.54) is 32.1 Å². The second-order valence-electron chi connectivity index (χ2n) is 5.98. The number of fused-ring (bicyclic) bond motifs is 2. The normalized spacial score (nSPS) is 36.1. The first kappa shape index (κ1) is 12.9. The van der Waals surface area contributed by atoms with Gasteiger partial charge in [0.25, 0.3) is 0 Å². The molecule has 2 unspecified atom stereocenters. The monoisotopic (exact) mass is 334 g/mol. The minimum absolute atomic E-state index is 0.267. The Morgan fingerprint density at radius 1 is 1.50 bits per heavy atom. The number of hydrogen-bond acceptors (Lipinski definition) is 1. The van der Waals surface area contributed by atoms with E-state index in [-0.39, 0.29) is 5.41 Å². The van der Waals surface area contributed by atoms with E-state index in [9.17, 15) is 0 Å². The fourth-order valence-corrected chi connectivity index (χ4v) is 4.22. The lowest BCUT2D eigenvalue weighted by atomic mass is 9.68. The quantitative estimate of drug-likeness (QED) is 0.413. The maximum atomic E-state index is 6.00. The Hall–Kier alpha value is 0.430. The average molecular weight is 334 g/mol. The van der Waals surface area contributed by atoms with Gasteiger partial charge < -0.3 is 4.74 Å². The van der Waals surface area contributed by atoms with Crippen molar-refractivity contribution in [2.45, 2.75) is 63.1 Å². The Bertz CT molecular complexity index is 284. The molecule has 0 aromatic carbocycles. The first-order valence-corrected chi connectivity index (χ1v) is 7.74. The van der Waals surface area contributed by atoms with Gasteiger partial charge in [0.1, 0.15) is 4.11 Å². The first-order valence-electron chi connectivity index (χ1n) is 6.50. The summed E-state index contributed by atoms with van der Waals surface area (Å²) < 4.78 is 6.32. The van der Waals surface area contributed by atoms with Crippen LogP contribution in [0.2, 0.25) is 0 Å². The van der Waals surface area contributed by atoms with E-state index in [2.05, 4.69) is 49.4 Å². The van der Waals surface area contributed by atoms with Crippen molar-refractivity contribution < 1.29 is 4.74 Å². The van der Waals surface area contributed by atoms with Gasteiger partial charge >= 0.3 is 0 Å². The predicted octanol–water partition coefficient (Wildman–Crippen LogP) is 4.70. The smallest absolute Gasteiger partial charge is 0.117 e. The fraction of sp³-hybridized carbons (Fsp3) is 0.857. The van der Waals surface area contributed by atoms with Crippen LogP contribution >= 0.6 is 22.6 Å². The summed E-state index contributed by atoms with van der Waals surface area (Å²) in [5.41, 5.74) is 1.96. The molecule has 0 aromatic rings. The first-order chi connectivity index (χ1) is 7.49. The Morgan fingerprint density at radius 3 is 2.88 bits per heavy atom. The molecule has 0 aromatic heterocycles. The Balaban J connectivity index is 2.12. The molecule has 0 aliphatic heterocycles. The van der Waals surface area contributed by atoms with Gasteiger partial charge in [-0.05, 0) is 51.9 Å². The summed E-state index contributed by atoms with van der Waals surface area (Å²) in [4.78, 5) is 0. The standard InChI is InChI=1S/C14H23IO/c1-10(2)16-13(15)14(3)8-11-5-4-6-12(7-11)9-14/h8,10,12-13H,4-7,9H2,1-3H3/t12?,13-,14?/m0/s1. The fourth-order valence-electron chi connectivity index (χ4n) is 3.20. The highest BCUT2D eigenvalue weighted by molar-refractivity contribution is 14.1. The molecule has 0 radical (unpaired) electrons. The molecule has 2 bridgehead atoms. The topological polar surface area (TPSA) is 9.23 Å². The second-order valence-corrected chi connectivity index (χ2v) is 7.11. The van der Waals surface area contributed by atoms with Gasteiger partial charge in [-0.2, -0.15) is 0 Å². The Morgan fingerprint density at radius 2 is 2.25 bits per heavy atom. The number of halogens is 1. The minimum Gasteiger partial charge on any atom is -0.364 e. The molecule has 0 spiro atoms. The maximum absolute atomic E-state index is 6.00. The van der Waals surface area contributed by atoms with Crippen LogP contribution in [0.25, 0.3) is 0 Å². The molecule has 1 fully saturated rings. The molecule has 3 atom stereocenters. The SMILES string of the molecule is CC(C)O[C@H](I)C1(C)C=C2CCCC(C2)C1. The molecule has 92 valence electrons. The molecule has 0 heterocycles. The third-order valence-electron chi connectivity index (χ3n) is 3.83. The Kier molecular flexibility index (Phi) is 4.00. The van der Waals surface area contributed by atoms with E-state index in [4.69, 9.17) is 4.74 Å². The van der Waals surface area contributed by atoms with Crippen molar-refractivity contribution in [3.8, 4) is 0 Å². The van der Waals surface area contributed by atoms with E-state index in [0.717, 1.165) is 5.92 Å². The molecule has 0 N–H and O–H groups in total. The van der Waals surface area contributed by atoms with Gasteiger partial charge in [0, 0.05) is 5.41 Å². The van der Waals surface area contributed by atoms with E-state index in [0.29, 0.717) is 10.2 Å².